The summed E-state index contributed by atoms with van der Waals surface area (Å²) in [6, 6.07) is 13.1. The molecule has 1 fully saturated rings. The van der Waals surface area contributed by atoms with E-state index in [9.17, 15) is 4.39 Å². The van der Waals surface area contributed by atoms with Gasteiger partial charge in [0, 0.05) is 12.1 Å². The number of alkyl halides is 1. The molecule has 1 N–H and O–H groups in total. The van der Waals surface area contributed by atoms with Crippen LogP contribution in [-0.2, 0) is 0 Å². The first-order chi connectivity index (χ1) is 10.2. The third kappa shape index (κ3) is 3.16. The van der Waals surface area contributed by atoms with Gasteiger partial charge in [-0.05, 0) is 43.0 Å². The first kappa shape index (κ1) is 13.5. The SMILES string of the molecule is N#Cc1cccc(-c2ccc(NCC3CC(F)C3)nn2)c1. The van der Waals surface area contributed by atoms with Crippen molar-refractivity contribution in [3.63, 3.8) is 0 Å². The number of nitrogens with zero attached hydrogens (tertiary/aromatic N) is 3. The minimum Gasteiger partial charge on any atom is -0.368 e. The lowest BCUT2D eigenvalue weighted by atomic mass is 9.83. The van der Waals surface area contributed by atoms with Crippen molar-refractivity contribution in [2.45, 2.75) is 19.0 Å². The zero-order valence-corrected chi connectivity index (χ0v) is 11.5. The van der Waals surface area contributed by atoms with E-state index in [-0.39, 0.29) is 0 Å². The summed E-state index contributed by atoms with van der Waals surface area (Å²) in [7, 11) is 0. The Morgan fingerprint density at radius 2 is 2.10 bits per heavy atom. The zero-order valence-electron chi connectivity index (χ0n) is 11.5. The van der Waals surface area contributed by atoms with Crippen LogP contribution in [0.25, 0.3) is 11.3 Å². The molecule has 1 aromatic heterocycles. The topological polar surface area (TPSA) is 61.6 Å². The summed E-state index contributed by atoms with van der Waals surface area (Å²) >= 11 is 0. The van der Waals surface area contributed by atoms with Crippen molar-refractivity contribution >= 4 is 5.82 Å². The second kappa shape index (κ2) is 5.88. The minimum absolute atomic E-state index is 0.397. The molecule has 0 spiro atoms. The summed E-state index contributed by atoms with van der Waals surface area (Å²) in [5.74, 6) is 1.09. The Balaban J connectivity index is 1.64. The van der Waals surface area contributed by atoms with Crippen LogP contribution in [0.3, 0.4) is 0 Å². The highest BCUT2D eigenvalue weighted by Gasteiger charge is 2.28. The molecular weight excluding hydrogens is 267 g/mol. The Hall–Kier alpha value is -2.48. The van der Waals surface area contributed by atoms with Gasteiger partial charge in [0.1, 0.15) is 12.0 Å². The second-order valence-electron chi connectivity index (χ2n) is 5.31. The van der Waals surface area contributed by atoms with Crippen molar-refractivity contribution in [2.75, 3.05) is 11.9 Å². The highest BCUT2D eigenvalue weighted by atomic mass is 19.1. The van der Waals surface area contributed by atoms with Gasteiger partial charge in [-0.3, -0.25) is 0 Å². The van der Waals surface area contributed by atoms with Crippen LogP contribution in [0.1, 0.15) is 18.4 Å². The lowest BCUT2D eigenvalue weighted by molar-refractivity contribution is 0.140. The molecule has 1 aliphatic rings. The Morgan fingerprint density at radius 3 is 2.76 bits per heavy atom. The van der Waals surface area contributed by atoms with Gasteiger partial charge >= 0.3 is 0 Å². The van der Waals surface area contributed by atoms with Crippen LogP contribution < -0.4 is 5.32 Å². The molecule has 0 atom stereocenters. The number of hydrogen-bond donors (Lipinski definition) is 1. The van der Waals surface area contributed by atoms with Gasteiger partial charge in [-0.1, -0.05) is 12.1 Å². The van der Waals surface area contributed by atoms with Gasteiger partial charge in [-0.15, -0.1) is 10.2 Å². The van der Waals surface area contributed by atoms with Crippen LogP contribution in [0.5, 0.6) is 0 Å². The molecule has 1 aromatic carbocycles. The van der Waals surface area contributed by atoms with E-state index >= 15 is 0 Å². The summed E-state index contributed by atoms with van der Waals surface area (Å²) < 4.78 is 12.7. The summed E-state index contributed by atoms with van der Waals surface area (Å²) in [5, 5.41) is 20.4. The molecule has 2 aromatic rings. The first-order valence-electron chi connectivity index (χ1n) is 6.97. The zero-order chi connectivity index (χ0) is 14.7. The Kier molecular flexibility index (Phi) is 3.78. The molecule has 1 heterocycles. The van der Waals surface area contributed by atoms with E-state index in [1.54, 1.807) is 12.1 Å². The van der Waals surface area contributed by atoms with Crippen molar-refractivity contribution in [3.05, 3.63) is 42.0 Å². The number of aromatic nitrogens is 2. The van der Waals surface area contributed by atoms with E-state index in [4.69, 9.17) is 5.26 Å². The molecule has 0 radical (unpaired) electrons. The molecule has 0 saturated heterocycles. The molecule has 1 aliphatic carbocycles. The Bertz CT molecular complexity index is 657. The van der Waals surface area contributed by atoms with Crippen molar-refractivity contribution in [1.29, 1.82) is 5.26 Å². The highest BCUT2D eigenvalue weighted by molar-refractivity contribution is 5.61. The number of halogens is 1. The minimum atomic E-state index is -0.627. The lowest BCUT2D eigenvalue weighted by Crippen LogP contribution is -2.30. The maximum Gasteiger partial charge on any atom is 0.148 e. The number of anilines is 1. The summed E-state index contributed by atoms with van der Waals surface area (Å²) in [6.07, 6.45) is 0.650. The smallest absolute Gasteiger partial charge is 0.148 e. The van der Waals surface area contributed by atoms with Crippen LogP contribution in [0.15, 0.2) is 36.4 Å². The number of nitriles is 1. The summed E-state index contributed by atoms with van der Waals surface area (Å²) in [5.41, 5.74) is 2.19. The fourth-order valence-corrected chi connectivity index (χ4v) is 2.40. The summed E-state index contributed by atoms with van der Waals surface area (Å²) in [6.45, 7) is 0.734. The predicted molar refractivity (Wildman–Crippen MR) is 78.3 cm³/mol. The predicted octanol–water partition coefficient (Wildman–Crippen LogP) is 3.18. The van der Waals surface area contributed by atoms with E-state index in [0.29, 0.717) is 30.1 Å². The highest BCUT2D eigenvalue weighted by Crippen LogP contribution is 2.30. The molecule has 21 heavy (non-hydrogen) atoms. The average molecular weight is 282 g/mol. The molecule has 0 bridgehead atoms. The molecule has 3 rings (SSSR count). The van der Waals surface area contributed by atoms with Gasteiger partial charge in [0.2, 0.25) is 0 Å². The standard InChI is InChI=1S/C16H15FN4/c17-14-7-12(8-14)10-19-16-5-4-15(20-21-16)13-3-1-2-11(6-13)9-18/h1-6,12,14H,7-8,10H2,(H,19,21). The van der Waals surface area contributed by atoms with Crippen molar-refractivity contribution in [1.82, 2.24) is 10.2 Å². The van der Waals surface area contributed by atoms with Crippen molar-refractivity contribution < 1.29 is 4.39 Å². The van der Waals surface area contributed by atoms with Gasteiger partial charge in [-0.25, -0.2) is 4.39 Å². The Morgan fingerprint density at radius 1 is 1.24 bits per heavy atom. The van der Waals surface area contributed by atoms with E-state index in [1.807, 2.05) is 24.3 Å². The number of rotatable bonds is 4. The van der Waals surface area contributed by atoms with Gasteiger partial charge < -0.3 is 5.32 Å². The third-order valence-corrected chi connectivity index (χ3v) is 3.70. The van der Waals surface area contributed by atoms with Gasteiger partial charge in [0.05, 0.1) is 17.3 Å². The monoisotopic (exact) mass is 282 g/mol. The number of benzene rings is 1. The van der Waals surface area contributed by atoms with Gasteiger partial charge in [0.25, 0.3) is 0 Å². The van der Waals surface area contributed by atoms with Crippen LogP contribution in [-0.4, -0.2) is 22.9 Å². The van der Waals surface area contributed by atoms with Gasteiger partial charge in [-0.2, -0.15) is 5.26 Å². The van der Waals surface area contributed by atoms with E-state index in [1.165, 1.54) is 0 Å². The summed E-state index contributed by atoms with van der Waals surface area (Å²) in [4.78, 5) is 0. The fraction of sp³-hybridized carbons (Fsp3) is 0.312. The largest absolute Gasteiger partial charge is 0.368 e. The van der Waals surface area contributed by atoms with E-state index in [0.717, 1.165) is 17.8 Å². The molecule has 5 heteroatoms. The molecule has 106 valence electrons. The quantitative estimate of drug-likeness (QED) is 0.935. The van der Waals surface area contributed by atoms with Crippen LogP contribution in [0.4, 0.5) is 10.2 Å². The third-order valence-electron chi connectivity index (χ3n) is 3.70. The molecule has 0 aliphatic heterocycles. The lowest BCUT2D eigenvalue weighted by Gasteiger charge is -2.29. The molecule has 0 unspecified atom stereocenters. The maximum atomic E-state index is 12.7. The maximum absolute atomic E-state index is 12.7. The fourth-order valence-electron chi connectivity index (χ4n) is 2.40. The molecule has 4 nitrogen and oxygen atoms in total. The van der Waals surface area contributed by atoms with E-state index in [2.05, 4.69) is 21.6 Å². The molecular formula is C16H15FN4. The normalized spacial score (nSPS) is 20.4. The van der Waals surface area contributed by atoms with Crippen LogP contribution >= 0.6 is 0 Å². The number of hydrogen-bond acceptors (Lipinski definition) is 4. The molecule has 1 saturated carbocycles. The van der Waals surface area contributed by atoms with Gasteiger partial charge in [0.15, 0.2) is 0 Å². The van der Waals surface area contributed by atoms with E-state index < -0.39 is 6.17 Å². The van der Waals surface area contributed by atoms with Crippen LogP contribution in [0, 0.1) is 17.2 Å². The van der Waals surface area contributed by atoms with Crippen molar-refractivity contribution in [3.8, 4) is 17.3 Å². The first-order valence-corrected chi connectivity index (χ1v) is 6.97. The number of nitrogens with one attached hydrogen (secondary N) is 1. The average Bonchev–Trinajstić information content (AvgIpc) is 2.51. The van der Waals surface area contributed by atoms with Crippen molar-refractivity contribution in [2.24, 2.45) is 5.92 Å². The second-order valence-corrected chi connectivity index (χ2v) is 5.31. The molecule has 0 amide bonds. The Labute approximate surface area is 122 Å². The van der Waals surface area contributed by atoms with Crippen LogP contribution in [0.2, 0.25) is 0 Å².